The molecule has 0 radical (unpaired) electrons. The van der Waals surface area contributed by atoms with Gasteiger partial charge in [-0.25, -0.2) is 0 Å². The number of carbonyl (C=O) groups excluding carboxylic acids is 2. The van der Waals surface area contributed by atoms with Gasteiger partial charge < -0.3 is 15.0 Å². The molecule has 130 valence electrons. The summed E-state index contributed by atoms with van der Waals surface area (Å²) in [5.74, 6) is -0.187. The Bertz CT molecular complexity index is 578. The minimum Gasteiger partial charge on any atom is -0.378 e. The zero-order chi connectivity index (χ0) is 17.4. The molecule has 0 aromatic heterocycles. The van der Waals surface area contributed by atoms with Crippen molar-refractivity contribution in [3.05, 3.63) is 42.5 Å². The molecule has 1 heterocycles. The number of hydrogen-bond donors (Lipinski definition) is 1. The molecule has 5 heteroatoms. The third-order valence-electron chi connectivity index (χ3n) is 4.15. The first-order valence-electron chi connectivity index (χ1n) is 8.54. The Balaban J connectivity index is 1.91. The standard InChI is InChI=1S/C19H26N2O3/c1-3-13-24-16-9-11-21(12-10-16)19(23)14-15-7-5-6-8-17(15)20-18(22)4-2/h4-8,16H,2-3,9-14H2,1H3,(H,20,22). The topological polar surface area (TPSA) is 58.6 Å². The van der Waals surface area contributed by atoms with Crippen LogP contribution < -0.4 is 5.32 Å². The average molecular weight is 330 g/mol. The molecule has 0 atom stereocenters. The Morgan fingerprint density at radius 2 is 2.04 bits per heavy atom. The molecule has 0 unspecified atom stereocenters. The number of carbonyl (C=O) groups is 2. The third kappa shape index (κ3) is 5.20. The van der Waals surface area contributed by atoms with Crippen LogP contribution in [0.5, 0.6) is 0 Å². The van der Waals surface area contributed by atoms with Crippen molar-refractivity contribution in [1.82, 2.24) is 4.90 Å². The molecule has 0 bridgehead atoms. The van der Waals surface area contributed by atoms with Crippen LogP contribution >= 0.6 is 0 Å². The van der Waals surface area contributed by atoms with Gasteiger partial charge in [0.15, 0.2) is 0 Å². The first-order chi connectivity index (χ1) is 11.6. The van der Waals surface area contributed by atoms with Crippen LogP contribution in [-0.2, 0) is 20.7 Å². The quantitative estimate of drug-likeness (QED) is 0.782. The van der Waals surface area contributed by atoms with Gasteiger partial charge in [-0.1, -0.05) is 31.7 Å². The SMILES string of the molecule is C=CC(=O)Nc1ccccc1CC(=O)N1CCC(OCCC)CC1. The van der Waals surface area contributed by atoms with E-state index in [1.54, 1.807) is 6.07 Å². The van der Waals surface area contributed by atoms with Crippen molar-refractivity contribution < 1.29 is 14.3 Å². The van der Waals surface area contributed by atoms with E-state index in [-0.39, 0.29) is 24.3 Å². The summed E-state index contributed by atoms with van der Waals surface area (Å²) in [6.07, 6.45) is 4.58. The lowest BCUT2D eigenvalue weighted by Crippen LogP contribution is -2.41. The van der Waals surface area contributed by atoms with E-state index in [1.807, 2.05) is 23.1 Å². The van der Waals surface area contributed by atoms with E-state index in [9.17, 15) is 9.59 Å². The van der Waals surface area contributed by atoms with Gasteiger partial charge in [-0.3, -0.25) is 9.59 Å². The molecule has 2 amide bonds. The number of amides is 2. The molecule has 0 saturated carbocycles. The average Bonchev–Trinajstić information content (AvgIpc) is 2.61. The van der Waals surface area contributed by atoms with E-state index in [4.69, 9.17) is 4.74 Å². The predicted octanol–water partition coefficient (Wildman–Crippen LogP) is 2.77. The predicted molar refractivity (Wildman–Crippen MR) is 94.8 cm³/mol. The number of anilines is 1. The summed E-state index contributed by atoms with van der Waals surface area (Å²) >= 11 is 0. The number of benzene rings is 1. The molecular weight excluding hydrogens is 304 g/mol. The Labute approximate surface area is 143 Å². The molecule has 1 N–H and O–H groups in total. The first kappa shape index (κ1) is 18.2. The zero-order valence-corrected chi connectivity index (χ0v) is 14.3. The van der Waals surface area contributed by atoms with Gasteiger partial charge in [-0.2, -0.15) is 0 Å². The van der Waals surface area contributed by atoms with Crippen LogP contribution in [0.3, 0.4) is 0 Å². The lowest BCUT2D eigenvalue weighted by Gasteiger charge is -2.32. The summed E-state index contributed by atoms with van der Waals surface area (Å²) in [6, 6.07) is 7.38. The van der Waals surface area contributed by atoms with Gasteiger partial charge in [-0.05, 0) is 37.0 Å². The second-order valence-electron chi connectivity index (χ2n) is 5.98. The van der Waals surface area contributed by atoms with Crippen LogP contribution in [0.4, 0.5) is 5.69 Å². The van der Waals surface area contributed by atoms with Crippen molar-refractivity contribution in [1.29, 1.82) is 0 Å². The monoisotopic (exact) mass is 330 g/mol. The molecule has 1 saturated heterocycles. The maximum atomic E-state index is 12.5. The molecule has 24 heavy (non-hydrogen) atoms. The highest BCUT2D eigenvalue weighted by Crippen LogP contribution is 2.19. The summed E-state index contributed by atoms with van der Waals surface area (Å²) in [5, 5.41) is 2.75. The Morgan fingerprint density at radius 3 is 2.71 bits per heavy atom. The number of likely N-dealkylation sites (tertiary alicyclic amines) is 1. The minimum absolute atomic E-state index is 0.0873. The zero-order valence-electron chi connectivity index (χ0n) is 14.3. The molecule has 0 aliphatic carbocycles. The molecule has 1 aromatic carbocycles. The van der Waals surface area contributed by atoms with Gasteiger partial charge in [0.25, 0.3) is 0 Å². The van der Waals surface area contributed by atoms with Crippen LogP contribution in [0.1, 0.15) is 31.7 Å². The number of hydrogen-bond acceptors (Lipinski definition) is 3. The number of nitrogens with one attached hydrogen (secondary N) is 1. The van der Waals surface area contributed by atoms with Gasteiger partial charge in [0.05, 0.1) is 12.5 Å². The molecule has 5 nitrogen and oxygen atoms in total. The number of nitrogens with zero attached hydrogens (tertiary/aromatic N) is 1. The van der Waals surface area contributed by atoms with Gasteiger partial charge in [-0.15, -0.1) is 0 Å². The van der Waals surface area contributed by atoms with Crippen LogP contribution in [0.2, 0.25) is 0 Å². The van der Waals surface area contributed by atoms with Crippen molar-refractivity contribution in [3.8, 4) is 0 Å². The summed E-state index contributed by atoms with van der Waals surface area (Å²) in [7, 11) is 0. The largest absolute Gasteiger partial charge is 0.378 e. The van der Waals surface area contributed by atoms with Crippen LogP contribution in [0, 0.1) is 0 Å². The fourth-order valence-corrected chi connectivity index (χ4v) is 2.81. The van der Waals surface area contributed by atoms with E-state index in [1.165, 1.54) is 6.08 Å². The lowest BCUT2D eigenvalue weighted by atomic mass is 10.0. The molecule has 1 fully saturated rings. The van der Waals surface area contributed by atoms with Gasteiger partial charge in [0.2, 0.25) is 11.8 Å². The van der Waals surface area contributed by atoms with E-state index in [0.29, 0.717) is 5.69 Å². The fourth-order valence-electron chi connectivity index (χ4n) is 2.81. The summed E-state index contributed by atoms with van der Waals surface area (Å²) in [6.45, 7) is 7.80. The Kier molecular flexibility index (Phi) is 7.00. The summed E-state index contributed by atoms with van der Waals surface area (Å²) in [5.41, 5.74) is 1.49. The normalized spacial score (nSPS) is 15.1. The highest BCUT2D eigenvalue weighted by Gasteiger charge is 2.23. The molecular formula is C19H26N2O3. The van der Waals surface area contributed by atoms with Crippen LogP contribution in [0.25, 0.3) is 0 Å². The highest BCUT2D eigenvalue weighted by atomic mass is 16.5. The van der Waals surface area contributed by atoms with Crippen molar-refractivity contribution in [2.24, 2.45) is 0 Å². The molecule has 0 spiro atoms. The van der Waals surface area contributed by atoms with Crippen LogP contribution in [0.15, 0.2) is 36.9 Å². The van der Waals surface area contributed by atoms with Gasteiger partial charge >= 0.3 is 0 Å². The van der Waals surface area contributed by atoms with Crippen molar-refractivity contribution in [3.63, 3.8) is 0 Å². The number of rotatable bonds is 7. The smallest absolute Gasteiger partial charge is 0.247 e. The number of piperidine rings is 1. The van der Waals surface area contributed by atoms with Crippen molar-refractivity contribution in [2.45, 2.75) is 38.7 Å². The second kappa shape index (κ2) is 9.23. The lowest BCUT2D eigenvalue weighted by molar-refractivity contribution is -0.133. The van der Waals surface area contributed by atoms with Gasteiger partial charge in [0.1, 0.15) is 0 Å². The maximum Gasteiger partial charge on any atom is 0.247 e. The van der Waals surface area contributed by atoms with Gasteiger partial charge in [0, 0.05) is 25.4 Å². The van der Waals surface area contributed by atoms with E-state index in [0.717, 1.165) is 44.5 Å². The fraction of sp³-hybridized carbons (Fsp3) is 0.474. The highest BCUT2D eigenvalue weighted by molar-refractivity contribution is 5.99. The summed E-state index contributed by atoms with van der Waals surface area (Å²) in [4.78, 5) is 25.9. The Hall–Kier alpha value is -2.14. The maximum absolute atomic E-state index is 12.5. The second-order valence-corrected chi connectivity index (χ2v) is 5.98. The van der Waals surface area contributed by atoms with Crippen molar-refractivity contribution in [2.75, 3.05) is 25.0 Å². The first-order valence-corrected chi connectivity index (χ1v) is 8.54. The van der Waals surface area contributed by atoms with E-state index < -0.39 is 0 Å². The minimum atomic E-state index is -0.274. The van der Waals surface area contributed by atoms with E-state index in [2.05, 4.69) is 18.8 Å². The number of ether oxygens (including phenoxy) is 1. The summed E-state index contributed by atoms with van der Waals surface area (Å²) < 4.78 is 5.76. The third-order valence-corrected chi connectivity index (χ3v) is 4.15. The van der Waals surface area contributed by atoms with Crippen molar-refractivity contribution >= 4 is 17.5 Å². The molecule has 1 aromatic rings. The molecule has 2 rings (SSSR count). The number of para-hydroxylation sites is 1. The molecule has 1 aliphatic heterocycles. The molecule has 1 aliphatic rings. The Morgan fingerprint density at radius 1 is 1.33 bits per heavy atom. The van der Waals surface area contributed by atoms with Crippen LogP contribution in [-0.4, -0.2) is 42.5 Å². The van der Waals surface area contributed by atoms with E-state index >= 15 is 0 Å².